The molecule has 2 aromatic rings. The number of carbonyl (C=O) groups excluding carboxylic acids is 2. The first-order valence-corrected chi connectivity index (χ1v) is 8.46. The number of halogens is 1. The summed E-state index contributed by atoms with van der Waals surface area (Å²) >= 11 is 0. The highest BCUT2D eigenvalue weighted by atomic mass is 19.1. The topological polar surface area (TPSA) is 45.6 Å². The molecule has 1 aliphatic heterocycles. The molecule has 6 heteroatoms. The molecule has 0 unspecified atom stereocenters. The summed E-state index contributed by atoms with van der Waals surface area (Å²) in [7, 11) is 1.88. The zero-order chi connectivity index (χ0) is 17.8. The zero-order valence-corrected chi connectivity index (χ0v) is 14.3. The molecule has 1 aromatic carbocycles. The van der Waals surface area contributed by atoms with Crippen molar-refractivity contribution in [2.24, 2.45) is 7.05 Å². The summed E-state index contributed by atoms with van der Waals surface area (Å²) < 4.78 is 15.0. The number of hydrogen-bond donors (Lipinski definition) is 0. The molecule has 0 spiro atoms. The minimum absolute atomic E-state index is 0.00691. The second-order valence-electron chi connectivity index (χ2n) is 6.37. The fourth-order valence-electron chi connectivity index (χ4n) is 3.07. The largest absolute Gasteiger partial charge is 0.356 e. The van der Waals surface area contributed by atoms with Crippen LogP contribution in [0.4, 0.5) is 4.39 Å². The number of hydrogen-bond acceptors (Lipinski definition) is 2. The van der Waals surface area contributed by atoms with Gasteiger partial charge in [0.1, 0.15) is 5.82 Å². The monoisotopic (exact) mass is 343 g/mol. The van der Waals surface area contributed by atoms with E-state index in [1.165, 1.54) is 12.1 Å². The van der Waals surface area contributed by atoms with Crippen LogP contribution < -0.4 is 0 Å². The Kier molecular flexibility index (Phi) is 5.16. The van der Waals surface area contributed by atoms with E-state index in [1.807, 2.05) is 23.9 Å². The van der Waals surface area contributed by atoms with E-state index in [4.69, 9.17) is 0 Å². The fraction of sp³-hybridized carbons (Fsp3) is 0.368. The normalized spacial score (nSPS) is 14.6. The number of piperazine rings is 1. The van der Waals surface area contributed by atoms with Gasteiger partial charge in [-0.25, -0.2) is 4.39 Å². The summed E-state index contributed by atoms with van der Waals surface area (Å²) in [5, 5.41) is 0. The highest BCUT2D eigenvalue weighted by molar-refractivity contribution is 5.94. The molecule has 3 rings (SSSR count). The second-order valence-corrected chi connectivity index (χ2v) is 6.37. The Balaban J connectivity index is 1.48. The van der Waals surface area contributed by atoms with Gasteiger partial charge in [0.2, 0.25) is 5.91 Å². The van der Waals surface area contributed by atoms with E-state index in [9.17, 15) is 14.0 Å². The predicted molar refractivity (Wildman–Crippen MR) is 92.6 cm³/mol. The molecule has 0 aliphatic carbocycles. The molecule has 0 radical (unpaired) electrons. The fourth-order valence-corrected chi connectivity index (χ4v) is 3.07. The molecule has 5 nitrogen and oxygen atoms in total. The third kappa shape index (κ3) is 4.26. The van der Waals surface area contributed by atoms with Crippen LogP contribution in [0.5, 0.6) is 0 Å². The predicted octanol–water partition coefficient (Wildman–Crippen LogP) is 2.08. The number of benzene rings is 1. The molecule has 1 aliphatic rings. The van der Waals surface area contributed by atoms with E-state index in [0.29, 0.717) is 44.6 Å². The maximum Gasteiger partial charge on any atom is 0.255 e. The van der Waals surface area contributed by atoms with E-state index in [-0.39, 0.29) is 17.6 Å². The van der Waals surface area contributed by atoms with Crippen LogP contribution in [0.25, 0.3) is 0 Å². The molecule has 1 saturated heterocycles. The molecule has 1 fully saturated rings. The van der Waals surface area contributed by atoms with Crippen molar-refractivity contribution in [1.82, 2.24) is 14.4 Å². The smallest absolute Gasteiger partial charge is 0.255 e. The molecule has 132 valence electrons. The van der Waals surface area contributed by atoms with Crippen molar-refractivity contribution in [2.75, 3.05) is 26.2 Å². The average Bonchev–Trinajstić information content (AvgIpc) is 3.06. The molecule has 2 heterocycles. The lowest BCUT2D eigenvalue weighted by molar-refractivity contribution is -0.132. The van der Waals surface area contributed by atoms with Crippen molar-refractivity contribution in [3.05, 3.63) is 59.7 Å². The van der Waals surface area contributed by atoms with Gasteiger partial charge in [0, 0.05) is 52.0 Å². The van der Waals surface area contributed by atoms with E-state index < -0.39 is 0 Å². The lowest BCUT2D eigenvalue weighted by Gasteiger charge is -2.34. The van der Waals surface area contributed by atoms with Crippen LogP contribution >= 0.6 is 0 Å². The first-order valence-electron chi connectivity index (χ1n) is 8.46. The van der Waals surface area contributed by atoms with Crippen LogP contribution in [0, 0.1) is 5.82 Å². The van der Waals surface area contributed by atoms with Crippen LogP contribution in [0.2, 0.25) is 0 Å². The molecule has 0 bridgehead atoms. The Labute approximate surface area is 146 Å². The Hall–Kier alpha value is -2.63. The van der Waals surface area contributed by atoms with Crippen molar-refractivity contribution in [2.45, 2.75) is 12.8 Å². The molecule has 25 heavy (non-hydrogen) atoms. The summed E-state index contributed by atoms with van der Waals surface area (Å²) in [4.78, 5) is 28.3. The molecule has 2 amide bonds. The third-order valence-electron chi connectivity index (χ3n) is 4.52. The van der Waals surface area contributed by atoms with Crippen molar-refractivity contribution < 1.29 is 14.0 Å². The first-order chi connectivity index (χ1) is 12.0. The van der Waals surface area contributed by atoms with Crippen molar-refractivity contribution in [3.63, 3.8) is 0 Å². The summed E-state index contributed by atoms with van der Waals surface area (Å²) in [5.74, 6) is -0.221. The minimum Gasteiger partial charge on any atom is -0.356 e. The highest BCUT2D eigenvalue weighted by Gasteiger charge is 2.24. The number of nitrogens with zero attached hydrogens (tertiary/aromatic N) is 3. The van der Waals surface area contributed by atoms with Crippen LogP contribution in [0.3, 0.4) is 0 Å². The maximum atomic E-state index is 13.2. The minimum atomic E-state index is -0.280. The van der Waals surface area contributed by atoms with Gasteiger partial charge >= 0.3 is 0 Å². The zero-order valence-electron chi connectivity index (χ0n) is 14.3. The van der Waals surface area contributed by atoms with Gasteiger partial charge in [-0.3, -0.25) is 9.59 Å². The van der Waals surface area contributed by atoms with Gasteiger partial charge in [0.05, 0.1) is 5.56 Å². The van der Waals surface area contributed by atoms with Gasteiger partial charge in [-0.05, 0) is 30.2 Å². The molecule has 0 saturated carbocycles. The molecular formula is C19H22FN3O2. The van der Waals surface area contributed by atoms with Crippen LogP contribution in [0.1, 0.15) is 22.3 Å². The maximum absolute atomic E-state index is 13.2. The Morgan fingerprint density at radius 1 is 1.08 bits per heavy atom. The van der Waals surface area contributed by atoms with Crippen molar-refractivity contribution >= 4 is 11.8 Å². The van der Waals surface area contributed by atoms with Crippen molar-refractivity contribution in [1.29, 1.82) is 0 Å². The van der Waals surface area contributed by atoms with Gasteiger partial charge in [0.25, 0.3) is 5.91 Å². The summed E-state index contributed by atoms with van der Waals surface area (Å²) in [5.41, 5.74) is 1.50. The van der Waals surface area contributed by atoms with E-state index in [1.54, 1.807) is 28.1 Å². The first kappa shape index (κ1) is 17.2. The standard InChI is InChI=1S/C19H22FN3O2/c1-21-8-7-16(14-21)19(25)23-11-9-22(10-12-23)18(24)6-5-15-3-2-4-17(20)13-15/h2-4,7-8,13-14H,5-6,9-12H2,1H3. The molecular weight excluding hydrogens is 321 g/mol. The Morgan fingerprint density at radius 3 is 2.44 bits per heavy atom. The molecule has 1 aromatic heterocycles. The number of aromatic nitrogens is 1. The average molecular weight is 343 g/mol. The van der Waals surface area contributed by atoms with Crippen LogP contribution in [-0.2, 0) is 18.3 Å². The molecule has 0 atom stereocenters. The van der Waals surface area contributed by atoms with Gasteiger partial charge < -0.3 is 14.4 Å². The highest BCUT2D eigenvalue weighted by Crippen LogP contribution is 2.12. The van der Waals surface area contributed by atoms with Crippen molar-refractivity contribution in [3.8, 4) is 0 Å². The number of aryl methyl sites for hydroxylation is 2. The van der Waals surface area contributed by atoms with Gasteiger partial charge in [-0.2, -0.15) is 0 Å². The van der Waals surface area contributed by atoms with Crippen LogP contribution in [-0.4, -0.2) is 52.4 Å². The Bertz CT molecular complexity index is 764. The quantitative estimate of drug-likeness (QED) is 0.853. The van der Waals surface area contributed by atoms with Crippen LogP contribution in [0.15, 0.2) is 42.7 Å². The van der Waals surface area contributed by atoms with Gasteiger partial charge in [-0.15, -0.1) is 0 Å². The Morgan fingerprint density at radius 2 is 1.80 bits per heavy atom. The summed E-state index contributed by atoms with van der Waals surface area (Å²) in [6.45, 7) is 2.17. The number of amides is 2. The number of rotatable bonds is 4. The summed E-state index contributed by atoms with van der Waals surface area (Å²) in [6.07, 6.45) is 4.54. The third-order valence-corrected chi connectivity index (χ3v) is 4.52. The summed E-state index contributed by atoms with van der Waals surface area (Å²) in [6, 6.07) is 8.15. The molecule has 0 N–H and O–H groups in total. The van der Waals surface area contributed by atoms with E-state index in [2.05, 4.69) is 0 Å². The van der Waals surface area contributed by atoms with E-state index >= 15 is 0 Å². The lowest BCUT2D eigenvalue weighted by Crippen LogP contribution is -2.50. The van der Waals surface area contributed by atoms with E-state index in [0.717, 1.165) is 5.56 Å². The second kappa shape index (κ2) is 7.51. The number of carbonyl (C=O) groups is 2. The van der Waals surface area contributed by atoms with Gasteiger partial charge in [-0.1, -0.05) is 12.1 Å². The SMILES string of the molecule is Cn1ccc(C(=O)N2CCN(C(=O)CCc3cccc(F)c3)CC2)c1. The van der Waals surface area contributed by atoms with Gasteiger partial charge in [0.15, 0.2) is 0 Å². The lowest BCUT2D eigenvalue weighted by atomic mass is 10.1.